The molecular weight excluding hydrogens is 404 g/mol. The van der Waals surface area contributed by atoms with Gasteiger partial charge in [-0.25, -0.2) is 8.42 Å². The van der Waals surface area contributed by atoms with Gasteiger partial charge in [0, 0.05) is 36.4 Å². The highest BCUT2D eigenvalue weighted by Crippen LogP contribution is 2.46. The maximum atomic E-state index is 12.3. The zero-order chi connectivity index (χ0) is 21.2. The molecule has 4 rings (SSSR count). The number of nitrogens with one attached hydrogen (secondary N) is 2. The van der Waals surface area contributed by atoms with Gasteiger partial charge in [-0.05, 0) is 48.7 Å². The highest BCUT2D eigenvalue weighted by molar-refractivity contribution is 7.92. The second-order valence-electron chi connectivity index (χ2n) is 7.66. The fourth-order valence-corrected chi connectivity index (χ4v) is 4.26. The lowest BCUT2D eigenvalue weighted by Crippen LogP contribution is -2.40. The van der Waals surface area contributed by atoms with Gasteiger partial charge in [0.2, 0.25) is 15.9 Å². The predicted octanol–water partition coefficient (Wildman–Crippen LogP) is 4.14. The molecule has 1 aliphatic carbocycles. The quantitative estimate of drug-likeness (QED) is 0.698. The maximum absolute atomic E-state index is 12.3. The molecule has 1 spiro atoms. The van der Waals surface area contributed by atoms with Crippen LogP contribution < -0.4 is 19.5 Å². The summed E-state index contributed by atoms with van der Waals surface area (Å²) in [5.41, 5.74) is 1.87. The standard InChI is InChI=1S/C22H24N2O5S/c1-30(26,27)24-17-8-5-16(6-9-17)7-12-21(25)23-18-10-11-19-20(15-18)29-22(28-19)13-3-2-4-14-22/h5-12,15,24H,2-4,13-14H2,1H3,(H,23,25)/b12-7+. The van der Waals surface area contributed by atoms with Crippen molar-refractivity contribution in [3.8, 4) is 11.5 Å². The van der Waals surface area contributed by atoms with Crippen molar-refractivity contribution in [2.24, 2.45) is 0 Å². The molecule has 2 aromatic rings. The number of ether oxygens (including phenoxy) is 2. The number of anilines is 2. The molecule has 7 nitrogen and oxygen atoms in total. The first-order valence-corrected chi connectivity index (χ1v) is 11.8. The van der Waals surface area contributed by atoms with E-state index >= 15 is 0 Å². The van der Waals surface area contributed by atoms with Crippen LogP contribution in [-0.2, 0) is 14.8 Å². The first-order valence-electron chi connectivity index (χ1n) is 9.89. The van der Waals surface area contributed by atoms with E-state index in [0.29, 0.717) is 22.9 Å². The molecule has 158 valence electrons. The average molecular weight is 429 g/mol. The van der Waals surface area contributed by atoms with Gasteiger partial charge in [-0.2, -0.15) is 0 Å². The zero-order valence-corrected chi connectivity index (χ0v) is 17.5. The van der Waals surface area contributed by atoms with Crippen molar-refractivity contribution in [3.05, 3.63) is 54.1 Å². The van der Waals surface area contributed by atoms with Crippen LogP contribution in [0.2, 0.25) is 0 Å². The van der Waals surface area contributed by atoms with Gasteiger partial charge in [-0.15, -0.1) is 0 Å². The second-order valence-corrected chi connectivity index (χ2v) is 9.40. The lowest BCUT2D eigenvalue weighted by Gasteiger charge is -2.31. The van der Waals surface area contributed by atoms with Gasteiger partial charge in [-0.1, -0.05) is 18.6 Å². The molecule has 1 aliphatic heterocycles. The summed E-state index contributed by atoms with van der Waals surface area (Å²) in [6.07, 6.45) is 9.32. The van der Waals surface area contributed by atoms with Crippen LogP contribution in [0.1, 0.15) is 37.7 Å². The number of benzene rings is 2. The van der Waals surface area contributed by atoms with E-state index in [1.54, 1.807) is 42.5 Å². The van der Waals surface area contributed by atoms with E-state index in [-0.39, 0.29) is 5.91 Å². The summed E-state index contributed by atoms with van der Waals surface area (Å²) in [4.78, 5) is 12.3. The van der Waals surface area contributed by atoms with E-state index in [1.807, 2.05) is 6.07 Å². The summed E-state index contributed by atoms with van der Waals surface area (Å²) in [6.45, 7) is 0. The van der Waals surface area contributed by atoms with Crippen molar-refractivity contribution in [1.29, 1.82) is 0 Å². The lowest BCUT2D eigenvalue weighted by atomic mass is 9.94. The third-order valence-electron chi connectivity index (χ3n) is 5.06. The Morgan fingerprint density at radius 1 is 0.967 bits per heavy atom. The van der Waals surface area contributed by atoms with E-state index in [4.69, 9.17) is 9.47 Å². The first-order chi connectivity index (χ1) is 14.3. The van der Waals surface area contributed by atoms with E-state index in [1.165, 1.54) is 12.5 Å². The Bertz CT molecular complexity index is 1070. The van der Waals surface area contributed by atoms with Crippen LogP contribution in [0.25, 0.3) is 6.08 Å². The third-order valence-corrected chi connectivity index (χ3v) is 5.67. The van der Waals surface area contributed by atoms with Crippen molar-refractivity contribution >= 4 is 33.4 Å². The van der Waals surface area contributed by atoms with Gasteiger partial charge in [0.15, 0.2) is 11.5 Å². The van der Waals surface area contributed by atoms with Gasteiger partial charge in [-0.3, -0.25) is 9.52 Å². The molecule has 0 bridgehead atoms. The van der Waals surface area contributed by atoms with Gasteiger partial charge in [0.05, 0.1) is 6.26 Å². The van der Waals surface area contributed by atoms with E-state index < -0.39 is 15.8 Å². The molecule has 1 heterocycles. The third kappa shape index (κ3) is 4.94. The number of sulfonamides is 1. The fourth-order valence-electron chi connectivity index (χ4n) is 3.70. The van der Waals surface area contributed by atoms with Crippen molar-refractivity contribution < 1.29 is 22.7 Å². The van der Waals surface area contributed by atoms with Crippen LogP contribution in [0.3, 0.4) is 0 Å². The number of rotatable bonds is 5. The van der Waals surface area contributed by atoms with Gasteiger partial charge >= 0.3 is 0 Å². The summed E-state index contributed by atoms with van der Waals surface area (Å²) in [7, 11) is -3.32. The minimum Gasteiger partial charge on any atom is -0.448 e. The maximum Gasteiger partial charge on any atom is 0.251 e. The van der Waals surface area contributed by atoms with Gasteiger partial charge in [0.25, 0.3) is 5.79 Å². The molecule has 2 N–H and O–H groups in total. The van der Waals surface area contributed by atoms with E-state index in [0.717, 1.165) is 37.5 Å². The molecule has 2 aliphatic rings. The SMILES string of the molecule is CS(=O)(=O)Nc1ccc(/C=C/C(=O)Nc2ccc3c(c2)OC2(CCCCC2)O3)cc1. The average Bonchev–Trinajstić information content (AvgIpc) is 3.03. The molecule has 0 aromatic heterocycles. The number of fused-ring (bicyclic) bond motifs is 1. The van der Waals surface area contributed by atoms with E-state index in [2.05, 4.69) is 10.0 Å². The molecule has 1 saturated carbocycles. The topological polar surface area (TPSA) is 93.7 Å². The predicted molar refractivity (Wildman–Crippen MR) is 116 cm³/mol. The van der Waals surface area contributed by atoms with Crippen LogP contribution in [0.5, 0.6) is 11.5 Å². The highest BCUT2D eigenvalue weighted by Gasteiger charge is 2.42. The second kappa shape index (κ2) is 8.02. The van der Waals surface area contributed by atoms with Crippen molar-refractivity contribution in [3.63, 3.8) is 0 Å². The summed E-state index contributed by atoms with van der Waals surface area (Å²) in [5, 5.41) is 2.82. The number of carbonyl (C=O) groups is 1. The van der Waals surface area contributed by atoms with Gasteiger partial charge < -0.3 is 14.8 Å². The Labute approximate surface area is 176 Å². The number of amides is 1. The molecular formula is C22H24N2O5S. The molecule has 2 aromatic carbocycles. The molecule has 30 heavy (non-hydrogen) atoms. The van der Waals surface area contributed by atoms with Crippen LogP contribution in [0, 0.1) is 0 Å². The molecule has 1 fully saturated rings. The molecule has 0 radical (unpaired) electrons. The van der Waals surface area contributed by atoms with Crippen molar-refractivity contribution in [1.82, 2.24) is 0 Å². The normalized spacial score (nSPS) is 17.2. The molecule has 0 unspecified atom stereocenters. The minimum atomic E-state index is -3.32. The zero-order valence-electron chi connectivity index (χ0n) is 16.7. The number of hydrogen-bond acceptors (Lipinski definition) is 5. The molecule has 8 heteroatoms. The molecule has 1 amide bonds. The van der Waals surface area contributed by atoms with Crippen LogP contribution >= 0.6 is 0 Å². The Balaban J connectivity index is 1.36. The smallest absolute Gasteiger partial charge is 0.251 e. The highest BCUT2D eigenvalue weighted by atomic mass is 32.2. The van der Waals surface area contributed by atoms with Crippen molar-refractivity contribution in [2.45, 2.75) is 37.9 Å². The number of hydrogen-bond donors (Lipinski definition) is 2. The minimum absolute atomic E-state index is 0.278. The Morgan fingerprint density at radius 2 is 1.63 bits per heavy atom. The molecule has 0 atom stereocenters. The Hall–Kier alpha value is -3.00. The fraction of sp³-hybridized carbons (Fsp3) is 0.318. The summed E-state index contributed by atoms with van der Waals surface area (Å²) < 4.78 is 37.0. The Kier molecular flexibility index (Phi) is 5.42. The summed E-state index contributed by atoms with van der Waals surface area (Å²) >= 11 is 0. The monoisotopic (exact) mass is 428 g/mol. The van der Waals surface area contributed by atoms with Crippen LogP contribution in [-0.4, -0.2) is 26.4 Å². The largest absolute Gasteiger partial charge is 0.448 e. The first kappa shape index (κ1) is 20.3. The van der Waals surface area contributed by atoms with E-state index in [9.17, 15) is 13.2 Å². The van der Waals surface area contributed by atoms with Gasteiger partial charge in [0.1, 0.15) is 0 Å². The number of carbonyl (C=O) groups excluding carboxylic acids is 1. The lowest BCUT2D eigenvalue weighted by molar-refractivity contribution is -0.111. The summed E-state index contributed by atoms with van der Waals surface area (Å²) in [5.74, 6) is 0.557. The van der Waals surface area contributed by atoms with Crippen molar-refractivity contribution in [2.75, 3.05) is 16.3 Å². The molecule has 0 saturated heterocycles. The van der Waals surface area contributed by atoms with Crippen LogP contribution in [0.15, 0.2) is 48.5 Å². The Morgan fingerprint density at radius 3 is 2.33 bits per heavy atom. The van der Waals surface area contributed by atoms with Crippen LogP contribution in [0.4, 0.5) is 11.4 Å². The summed E-state index contributed by atoms with van der Waals surface area (Å²) in [6, 6.07) is 12.1.